The van der Waals surface area contributed by atoms with Gasteiger partial charge in [0, 0.05) is 32.4 Å². The first kappa shape index (κ1) is 14.2. The summed E-state index contributed by atoms with van der Waals surface area (Å²) in [6.07, 6.45) is 3.10. The first-order valence-electron chi connectivity index (χ1n) is 7.36. The molecule has 1 heterocycles. The predicted molar refractivity (Wildman–Crippen MR) is 82.0 cm³/mol. The monoisotopic (exact) mass is 259 g/mol. The molecule has 0 atom stereocenters. The molecule has 1 aliphatic rings. The SMILES string of the molecule is CCc1ccccc1/C=N\CN1CCN(CC)CC1. The highest BCUT2D eigenvalue weighted by molar-refractivity contribution is 5.81. The molecule has 0 aromatic heterocycles. The largest absolute Gasteiger partial charge is 0.301 e. The second-order valence-corrected chi connectivity index (χ2v) is 5.06. The molecule has 0 saturated carbocycles. The standard InChI is InChI=1S/C16H25N3/c1-3-15-7-5-6-8-16(15)13-17-14-19-11-9-18(4-2)10-12-19/h5-8,13H,3-4,9-12,14H2,1-2H3/b17-13-. The van der Waals surface area contributed by atoms with Crippen molar-refractivity contribution < 1.29 is 0 Å². The second-order valence-electron chi connectivity index (χ2n) is 5.06. The van der Waals surface area contributed by atoms with Gasteiger partial charge in [0.15, 0.2) is 0 Å². The van der Waals surface area contributed by atoms with Gasteiger partial charge in [0.25, 0.3) is 0 Å². The maximum Gasteiger partial charge on any atom is 0.0910 e. The van der Waals surface area contributed by atoms with Crippen LogP contribution < -0.4 is 0 Å². The number of aryl methyl sites for hydroxylation is 1. The molecule has 3 nitrogen and oxygen atoms in total. The zero-order valence-electron chi connectivity index (χ0n) is 12.2. The molecule has 0 radical (unpaired) electrons. The van der Waals surface area contributed by atoms with Crippen LogP contribution in [0.2, 0.25) is 0 Å². The molecule has 0 unspecified atom stereocenters. The van der Waals surface area contributed by atoms with Crippen LogP contribution in [0.4, 0.5) is 0 Å². The smallest absolute Gasteiger partial charge is 0.0910 e. The Bertz CT molecular complexity index is 406. The first-order chi connectivity index (χ1) is 9.33. The van der Waals surface area contributed by atoms with Crippen molar-refractivity contribution >= 4 is 6.21 Å². The summed E-state index contributed by atoms with van der Waals surface area (Å²) in [5.74, 6) is 0. The van der Waals surface area contributed by atoms with Crippen LogP contribution >= 0.6 is 0 Å². The molecule has 0 N–H and O–H groups in total. The molecular formula is C16H25N3. The molecule has 3 heteroatoms. The number of aliphatic imine (C=N–C) groups is 1. The summed E-state index contributed by atoms with van der Waals surface area (Å²) >= 11 is 0. The van der Waals surface area contributed by atoms with E-state index in [1.165, 1.54) is 30.8 Å². The van der Waals surface area contributed by atoms with Crippen LogP contribution in [-0.4, -0.2) is 55.4 Å². The molecule has 19 heavy (non-hydrogen) atoms. The highest BCUT2D eigenvalue weighted by Gasteiger charge is 2.13. The van der Waals surface area contributed by atoms with Gasteiger partial charge in [-0.25, -0.2) is 0 Å². The number of rotatable bonds is 5. The minimum atomic E-state index is 0.829. The summed E-state index contributed by atoms with van der Waals surface area (Å²) in [5.41, 5.74) is 2.64. The van der Waals surface area contributed by atoms with Crippen LogP contribution in [0.1, 0.15) is 25.0 Å². The van der Waals surface area contributed by atoms with Crippen molar-refractivity contribution in [3.05, 3.63) is 35.4 Å². The third kappa shape index (κ3) is 4.15. The van der Waals surface area contributed by atoms with E-state index in [1.807, 2.05) is 6.21 Å². The Morgan fingerprint density at radius 2 is 1.74 bits per heavy atom. The van der Waals surface area contributed by atoms with Crippen molar-refractivity contribution in [2.45, 2.75) is 20.3 Å². The zero-order chi connectivity index (χ0) is 13.5. The van der Waals surface area contributed by atoms with Gasteiger partial charge < -0.3 is 4.90 Å². The quantitative estimate of drug-likeness (QED) is 0.755. The van der Waals surface area contributed by atoms with E-state index in [-0.39, 0.29) is 0 Å². The van der Waals surface area contributed by atoms with E-state index in [0.29, 0.717) is 0 Å². The summed E-state index contributed by atoms with van der Waals surface area (Å²) in [7, 11) is 0. The maximum absolute atomic E-state index is 4.61. The number of hydrogen-bond donors (Lipinski definition) is 0. The molecule has 0 spiro atoms. The van der Waals surface area contributed by atoms with Gasteiger partial charge in [0.05, 0.1) is 6.67 Å². The average Bonchev–Trinajstić information content (AvgIpc) is 2.48. The third-order valence-electron chi connectivity index (χ3n) is 3.86. The predicted octanol–water partition coefficient (Wildman–Crippen LogP) is 2.26. The van der Waals surface area contributed by atoms with Crippen LogP contribution in [0.3, 0.4) is 0 Å². The summed E-state index contributed by atoms with van der Waals surface area (Å²) in [4.78, 5) is 9.53. The van der Waals surface area contributed by atoms with Gasteiger partial charge in [-0.15, -0.1) is 0 Å². The molecule has 1 aromatic rings. The molecule has 1 saturated heterocycles. The van der Waals surface area contributed by atoms with Crippen molar-refractivity contribution in [3.8, 4) is 0 Å². The first-order valence-corrected chi connectivity index (χ1v) is 7.36. The Labute approximate surface area is 116 Å². The van der Waals surface area contributed by atoms with E-state index in [4.69, 9.17) is 0 Å². The molecule has 0 amide bonds. The van der Waals surface area contributed by atoms with E-state index >= 15 is 0 Å². The maximum atomic E-state index is 4.61. The van der Waals surface area contributed by atoms with Gasteiger partial charge in [-0.05, 0) is 24.1 Å². The number of benzene rings is 1. The van der Waals surface area contributed by atoms with Crippen molar-refractivity contribution in [2.24, 2.45) is 4.99 Å². The average molecular weight is 259 g/mol. The van der Waals surface area contributed by atoms with Crippen molar-refractivity contribution in [3.63, 3.8) is 0 Å². The van der Waals surface area contributed by atoms with Gasteiger partial charge in [-0.3, -0.25) is 9.89 Å². The van der Waals surface area contributed by atoms with Crippen LogP contribution in [0.25, 0.3) is 0 Å². The van der Waals surface area contributed by atoms with Crippen molar-refractivity contribution in [1.29, 1.82) is 0 Å². The van der Waals surface area contributed by atoms with E-state index < -0.39 is 0 Å². The Morgan fingerprint density at radius 1 is 1.05 bits per heavy atom. The van der Waals surface area contributed by atoms with E-state index in [9.17, 15) is 0 Å². The fraction of sp³-hybridized carbons (Fsp3) is 0.562. The minimum absolute atomic E-state index is 0.829. The summed E-state index contributed by atoms with van der Waals surface area (Å²) < 4.78 is 0. The number of piperazine rings is 1. The topological polar surface area (TPSA) is 18.8 Å². The highest BCUT2D eigenvalue weighted by atomic mass is 15.3. The normalized spacial score (nSPS) is 18.2. The van der Waals surface area contributed by atoms with E-state index in [1.54, 1.807) is 0 Å². The molecule has 0 aliphatic carbocycles. The van der Waals surface area contributed by atoms with Gasteiger partial charge in [-0.1, -0.05) is 38.1 Å². The lowest BCUT2D eigenvalue weighted by molar-refractivity contribution is 0.140. The lowest BCUT2D eigenvalue weighted by Crippen LogP contribution is -2.46. The molecule has 1 aliphatic heterocycles. The van der Waals surface area contributed by atoms with Gasteiger partial charge in [-0.2, -0.15) is 0 Å². The summed E-state index contributed by atoms with van der Waals surface area (Å²) in [6.45, 7) is 11.1. The van der Waals surface area contributed by atoms with Crippen molar-refractivity contribution in [1.82, 2.24) is 9.80 Å². The Kier molecular flexibility index (Phi) is 5.55. The number of hydrogen-bond acceptors (Lipinski definition) is 3. The zero-order valence-corrected chi connectivity index (χ0v) is 12.2. The van der Waals surface area contributed by atoms with Crippen LogP contribution in [0.15, 0.2) is 29.3 Å². The Hall–Kier alpha value is -1.19. The Morgan fingerprint density at radius 3 is 2.42 bits per heavy atom. The number of nitrogens with zero attached hydrogens (tertiary/aromatic N) is 3. The van der Waals surface area contributed by atoms with Crippen LogP contribution in [0.5, 0.6) is 0 Å². The molecule has 2 rings (SSSR count). The lowest BCUT2D eigenvalue weighted by atomic mass is 10.1. The van der Waals surface area contributed by atoms with Gasteiger partial charge >= 0.3 is 0 Å². The van der Waals surface area contributed by atoms with Gasteiger partial charge in [0.2, 0.25) is 0 Å². The minimum Gasteiger partial charge on any atom is -0.301 e. The third-order valence-corrected chi connectivity index (χ3v) is 3.86. The van der Waals surface area contributed by atoms with E-state index in [2.05, 4.69) is 52.9 Å². The van der Waals surface area contributed by atoms with E-state index in [0.717, 1.165) is 26.2 Å². The molecule has 0 bridgehead atoms. The Balaban J connectivity index is 1.83. The molecule has 1 fully saturated rings. The van der Waals surface area contributed by atoms with Crippen molar-refractivity contribution in [2.75, 3.05) is 39.4 Å². The fourth-order valence-corrected chi connectivity index (χ4v) is 2.48. The summed E-state index contributed by atoms with van der Waals surface area (Å²) in [6, 6.07) is 8.51. The lowest BCUT2D eigenvalue weighted by Gasteiger charge is -2.32. The fourth-order valence-electron chi connectivity index (χ4n) is 2.48. The number of likely N-dealkylation sites (N-methyl/N-ethyl adjacent to an activating group) is 1. The van der Waals surface area contributed by atoms with Gasteiger partial charge in [0.1, 0.15) is 0 Å². The molecular weight excluding hydrogens is 234 g/mol. The second kappa shape index (κ2) is 7.41. The van der Waals surface area contributed by atoms with Crippen LogP contribution in [-0.2, 0) is 6.42 Å². The highest BCUT2D eigenvalue weighted by Crippen LogP contribution is 2.07. The summed E-state index contributed by atoms with van der Waals surface area (Å²) in [5, 5.41) is 0. The molecule has 104 valence electrons. The molecule has 1 aromatic carbocycles. The van der Waals surface area contributed by atoms with Crippen LogP contribution in [0, 0.1) is 0 Å².